The molecule has 0 saturated heterocycles. The molecule has 0 bridgehead atoms. The lowest BCUT2D eigenvalue weighted by molar-refractivity contribution is -0.894. The lowest BCUT2D eigenvalue weighted by Gasteiger charge is -2.10. The molecule has 0 amide bonds. The molecule has 1 aromatic carbocycles. The molecule has 0 spiro atoms. The molecule has 0 aliphatic carbocycles. The number of phenols is 1. The minimum atomic E-state index is -4.38. The van der Waals surface area contributed by atoms with Crippen LogP contribution in [-0.4, -0.2) is 37.7 Å². The maximum atomic E-state index is 10.3. The number of benzene rings is 1. The molecule has 0 atom stereocenters. The molecule has 1 aromatic rings. The summed E-state index contributed by atoms with van der Waals surface area (Å²) < 4.78 is 30.9. The third-order valence-corrected chi connectivity index (χ3v) is 3.47. The lowest BCUT2D eigenvalue weighted by Crippen LogP contribution is -3.11. The van der Waals surface area contributed by atoms with Crippen LogP contribution < -0.4 is 4.90 Å². The van der Waals surface area contributed by atoms with Crippen LogP contribution >= 0.6 is 0 Å². The second kappa shape index (κ2) is 8.07. The molecule has 1 rings (SSSR count). The Kier molecular flexibility index (Phi) is 7.58. The van der Waals surface area contributed by atoms with E-state index < -0.39 is 10.1 Å². The van der Waals surface area contributed by atoms with Crippen molar-refractivity contribution in [2.24, 2.45) is 0 Å². The van der Waals surface area contributed by atoms with Gasteiger partial charge in [-0.1, -0.05) is 0 Å². The number of phenolic OH excluding ortho intramolecular Hbond substituents is 1. The Morgan fingerprint density at radius 3 is 1.67 bits per heavy atom. The molecule has 0 aliphatic heterocycles. The molecule has 2 N–H and O–H groups in total. The quantitative estimate of drug-likeness (QED) is 0.771. The minimum Gasteiger partial charge on any atom is -0.744 e. The number of quaternary nitrogens is 1. The standard InChI is InChI=1S/C6H15N.C6H6O4S/c1-4-7(5-2)6-3;7-5-1-3-6(4-2-5)11(8,9)10/h4-6H2,1-3H3;1-4,7H,(H,8,9,10). The Bertz CT molecular complexity index is 418. The number of nitrogens with one attached hydrogen (secondary N) is 1. The molecule has 0 heterocycles. The number of aromatic hydroxyl groups is 1. The van der Waals surface area contributed by atoms with Gasteiger partial charge in [-0.2, -0.15) is 0 Å². The molecule has 18 heavy (non-hydrogen) atoms. The number of hydrogen-bond acceptors (Lipinski definition) is 4. The first kappa shape index (κ1) is 16.9. The summed E-state index contributed by atoms with van der Waals surface area (Å²) in [6, 6.07) is 4.39. The smallest absolute Gasteiger partial charge is 0.124 e. The van der Waals surface area contributed by atoms with Crippen LogP contribution in [0.4, 0.5) is 0 Å². The second-order valence-corrected chi connectivity index (χ2v) is 5.14. The zero-order valence-electron chi connectivity index (χ0n) is 11.0. The molecular formula is C12H21NO4S. The van der Waals surface area contributed by atoms with Crippen LogP contribution in [0.1, 0.15) is 20.8 Å². The fraction of sp³-hybridized carbons (Fsp3) is 0.500. The molecule has 5 nitrogen and oxygen atoms in total. The van der Waals surface area contributed by atoms with E-state index in [0.717, 1.165) is 24.3 Å². The average Bonchev–Trinajstić information content (AvgIpc) is 2.31. The third kappa shape index (κ3) is 6.58. The van der Waals surface area contributed by atoms with E-state index in [1.807, 2.05) is 0 Å². The van der Waals surface area contributed by atoms with E-state index in [1.54, 1.807) is 4.90 Å². The molecule has 104 valence electrons. The van der Waals surface area contributed by atoms with Crippen LogP contribution in [-0.2, 0) is 10.1 Å². The maximum absolute atomic E-state index is 10.3. The summed E-state index contributed by atoms with van der Waals surface area (Å²) >= 11 is 0. The predicted octanol–water partition coefficient (Wildman–Crippen LogP) is 0.227. The van der Waals surface area contributed by atoms with Gasteiger partial charge in [0.1, 0.15) is 15.9 Å². The first-order valence-electron chi connectivity index (χ1n) is 5.93. The summed E-state index contributed by atoms with van der Waals surface area (Å²) in [5.41, 5.74) is 0. The summed E-state index contributed by atoms with van der Waals surface area (Å²) in [7, 11) is -4.38. The molecule has 0 radical (unpaired) electrons. The monoisotopic (exact) mass is 275 g/mol. The van der Waals surface area contributed by atoms with Gasteiger partial charge in [0.25, 0.3) is 0 Å². The Hall–Kier alpha value is -1.11. The van der Waals surface area contributed by atoms with Crippen molar-refractivity contribution >= 4 is 10.1 Å². The molecular weight excluding hydrogens is 254 g/mol. The van der Waals surface area contributed by atoms with Crippen molar-refractivity contribution in [3.8, 4) is 5.75 Å². The average molecular weight is 275 g/mol. The van der Waals surface area contributed by atoms with Gasteiger partial charge in [-0.15, -0.1) is 0 Å². The third-order valence-electron chi connectivity index (χ3n) is 2.63. The maximum Gasteiger partial charge on any atom is 0.124 e. The van der Waals surface area contributed by atoms with E-state index in [9.17, 15) is 13.0 Å². The highest BCUT2D eigenvalue weighted by Gasteiger charge is 1.98. The van der Waals surface area contributed by atoms with E-state index >= 15 is 0 Å². The minimum absolute atomic E-state index is 0.0719. The Morgan fingerprint density at radius 2 is 1.44 bits per heavy atom. The van der Waals surface area contributed by atoms with Gasteiger partial charge in [-0.05, 0) is 45.0 Å². The van der Waals surface area contributed by atoms with Gasteiger partial charge in [0, 0.05) is 0 Å². The fourth-order valence-electron chi connectivity index (χ4n) is 1.36. The van der Waals surface area contributed by atoms with Crippen molar-refractivity contribution < 1.29 is 23.0 Å². The van der Waals surface area contributed by atoms with E-state index in [0.29, 0.717) is 0 Å². The zero-order valence-corrected chi connectivity index (χ0v) is 11.8. The number of rotatable bonds is 4. The Balaban J connectivity index is 0.000000360. The lowest BCUT2D eigenvalue weighted by atomic mass is 10.3. The zero-order chi connectivity index (χ0) is 14.2. The van der Waals surface area contributed by atoms with Gasteiger partial charge in [-0.3, -0.25) is 0 Å². The van der Waals surface area contributed by atoms with Crippen molar-refractivity contribution in [3.63, 3.8) is 0 Å². The number of hydrogen-bond donors (Lipinski definition) is 2. The van der Waals surface area contributed by atoms with Crippen LogP contribution in [0.5, 0.6) is 5.75 Å². The molecule has 0 fully saturated rings. The SMILES string of the molecule is CC[NH+](CC)CC.O=S(=O)([O-])c1ccc(O)cc1. The largest absolute Gasteiger partial charge is 0.744 e. The van der Waals surface area contributed by atoms with Crippen molar-refractivity contribution in [1.82, 2.24) is 0 Å². The fourth-order valence-corrected chi connectivity index (χ4v) is 1.83. The highest BCUT2D eigenvalue weighted by Crippen LogP contribution is 2.13. The first-order valence-corrected chi connectivity index (χ1v) is 7.34. The Morgan fingerprint density at radius 1 is 1.06 bits per heavy atom. The van der Waals surface area contributed by atoms with Crippen LogP contribution in [0.25, 0.3) is 0 Å². The normalized spacial score (nSPS) is 10.9. The molecule has 0 aliphatic rings. The van der Waals surface area contributed by atoms with Crippen LogP contribution in [0.2, 0.25) is 0 Å². The van der Waals surface area contributed by atoms with Gasteiger partial charge in [0.05, 0.1) is 24.5 Å². The molecule has 0 unspecified atom stereocenters. The van der Waals surface area contributed by atoms with Crippen molar-refractivity contribution in [2.45, 2.75) is 25.7 Å². The van der Waals surface area contributed by atoms with E-state index in [2.05, 4.69) is 20.8 Å². The van der Waals surface area contributed by atoms with Crippen molar-refractivity contribution in [3.05, 3.63) is 24.3 Å². The molecule has 6 heteroatoms. The topological polar surface area (TPSA) is 81.9 Å². The van der Waals surface area contributed by atoms with E-state index in [4.69, 9.17) is 5.11 Å². The molecule has 0 saturated carbocycles. The van der Waals surface area contributed by atoms with E-state index in [-0.39, 0.29) is 10.6 Å². The summed E-state index contributed by atoms with van der Waals surface area (Å²) in [5.74, 6) is -0.0719. The van der Waals surface area contributed by atoms with Crippen LogP contribution in [0.3, 0.4) is 0 Å². The van der Waals surface area contributed by atoms with Crippen LogP contribution in [0.15, 0.2) is 29.2 Å². The summed E-state index contributed by atoms with van der Waals surface area (Å²) in [5, 5.41) is 8.73. The Labute approximate surface area is 109 Å². The first-order chi connectivity index (χ1) is 8.35. The second-order valence-electron chi connectivity index (χ2n) is 3.76. The van der Waals surface area contributed by atoms with Gasteiger partial charge in [0.15, 0.2) is 0 Å². The summed E-state index contributed by atoms with van der Waals surface area (Å²) in [6.07, 6.45) is 0. The van der Waals surface area contributed by atoms with Gasteiger partial charge < -0.3 is 14.6 Å². The highest BCUT2D eigenvalue weighted by atomic mass is 32.2. The van der Waals surface area contributed by atoms with Crippen molar-refractivity contribution in [2.75, 3.05) is 19.6 Å². The molecule has 0 aromatic heterocycles. The van der Waals surface area contributed by atoms with Gasteiger partial charge >= 0.3 is 0 Å². The van der Waals surface area contributed by atoms with E-state index in [1.165, 1.54) is 19.6 Å². The highest BCUT2D eigenvalue weighted by molar-refractivity contribution is 7.85. The van der Waals surface area contributed by atoms with Gasteiger partial charge in [0.2, 0.25) is 0 Å². The van der Waals surface area contributed by atoms with Crippen LogP contribution in [0, 0.1) is 0 Å². The van der Waals surface area contributed by atoms with Gasteiger partial charge in [-0.25, -0.2) is 8.42 Å². The predicted molar refractivity (Wildman–Crippen MR) is 68.7 cm³/mol. The summed E-state index contributed by atoms with van der Waals surface area (Å²) in [4.78, 5) is 1.34. The van der Waals surface area contributed by atoms with Crippen molar-refractivity contribution in [1.29, 1.82) is 0 Å². The summed E-state index contributed by atoms with van der Waals surface area (Å²) in [6.45, 7) is 10.5.